The summed E-state index contributed by atoms with van der Waals surface area (Å²) in [6, 6.07) is 11.3. The van der Waals surface area contributed by atoms with Gasteiger partial charge in [0.2, 0.25) is 0 Å². The van der Waals surface area contributed by atoms with Crippen molar-refractivity contribution in [1.29, 1.82) is 0 Å². The molecule has 1 saturated carbocycles. The van der Waals surface area contributed by atoms with Crippen LogP contribution >= 0.6 is 0 Å². The van der Waals surface area contributed by atoms with Crippen LogP contribution in [0.25, 0.3) is 0 Å². The van der Waals surface area contributed by atoms with E-state index in [4.69, 9.17) is 0 Å². The van der Waals surface area contributed by atoms with E-state index in [1.54, 1.807) is 0 Å². The lowest BCUT2D eigenvalue weighted by atomic mass is 10.0. The number of hydrogen-bond donors (Lipinski definition) is 0. The molecule has 0 N–H and O–H groups in total. The number of tetrazole rings is 1. The Labute approximate surface area is 155 Å². The quantitative estimate of drug-likeness (QED) is 0.748. The Hall–Kier alpha value is -2.05. The Balaban J connectivity index is 1.63. The molecule has 1 saturated heterocycles. The predicted molar refractivity (Wildman–Crippen MR) is 102 cm³/mol. The van der Waals surface area contributed by atoms with Gasteiger partial charge in [-0.3, -0.25) is 9.80 Å². The lowest BCUT2D eigenvalue weighted by Gasteiger charge is -2.38. The summed E-state index contributed by atoms with van der Waals surface area (Å²) in [5.41, 5.74) is 1.28. The average Bonchev–Trinajstić information content (AvgIpc) is 3.36. The summed E-state index contributed by atoms with van der Waals surface area (Å²) in [5, 5.41) is 13.0. The van der Waals surface area contributed by atoms with Crippen molar-refractivity contribution in [1.82, 2.24) is 30.0 Å². The van der Waals surface area contributed by atoms with Crippen LogP contribution in [0, 0.1) is 0 Å². The minimum atomic E-state index is 0.123. The van der Waals surface area contributed by atoms with Gasteiger partial charge in [0.25, 0.3) is 0 Å². The van der Waals surface area contributed by atoms with Gasteiger partial charge in [0.1, 0.15) is 0 Å². The zero-order chi connectivity index (χ0) is 17.8. The minimum absolute atomic E-state index is 0.123. The molecule has 2 aliphatic rings. The van der Waals surface area contributed by atoms with E-state index in [1.807, 2.05) is 6.08 Å². The molecule has 6 nitrogen and oxygen atoms in total. The van der Waals surface area contributed by atoms with Crippen LogP contribution in [0.1, 0.15) is 49.2 Å². The highest BCUT2D eigenvalue weighted by Crippen LogP contribution is 2.34. The standard InChI is InChI=1S/C20H28N6/c1-2-12-24-13-15-25(16-14-24)19(17-8-4-3-5-9-17)20-21-22-23-26(20)18-10-6-7-11-18/h2-5,8-9,18-19H,1,6-7,10-16H2/t19-/m1/s1. The molecule has 0 radical (unpaired) electrons. The van der Waals surface area contributed by atoms with Crippen LogP contribution in [0.2, 0.25) is 0 Å². The van der Waals surface area contributed by atoms with E-state index in [-0.39, 0.29) is 6.04 Å². The highest BCUT2D eigenvalue weighted by Gasteiger charge is 2.32. The first kappa shape index (κ1) is 17.4. The van der Waals surface area contributed by atoms with E-state index in [0.29, 0.717) is 6.04 Å². The number of hydrogen-bond acceptors (Lipinski definition) is 5. The molecule has 26 heavy (non-hydrogen) atoms. The molecule has 2 aromatic rings. The maximum Gasteiger partial charge on any atom is 0.173 e. The summed E-state index contributed by atoms with van der Waals surface area (Å²) in [4.78, 5) is 4.98. The number of rotatable bonds is 6. The van der Waals surface area contributed by atoms with E-state index in [1.165, 1.54) is 31.2 Å². The molecule has 2 heterocycles. The molecule has 6 heteroatoms. The smallest absolute Gasteiger partial charge is 0.173 e. The second-order valence-corrected chi connectivity index (χ2v) is 7.36. The van der Waals surface area contributed by atoms with Crippen molar-refractivity contribution in [2.75, 3.05) is 32.7 Å². The fourth-order valence-electron chi connectivity index (χ4n) is 4.33. The second-order valence-electron chi connectivity index (χ2n) is 7.36. The van der Waals surface area contributed by atoms with Crippen molar-refractivity contribution >= 4 is 0 Å². The van der Waals surface area contributed by atoms with Crippen LogP contribution in [0.3, 0.4) is 0 Å². The third-order valence-electron chi connectivity index (χ3n) is 5.71. The van der Waals surface area contributed by atoms with Crippen LogP contribution in [0.15, 0.2) is 43.0 Å². The van der Waals surface area contributed by atoms with Gasteiger partial charge in [-0.25, -0.2) is 4.68 Å². The highest BCUT2D eigenvalue weighted by molar-refractivity contribution is 5.25. The Morgan fingerprint density at radius 3 is 2.50 bits per heavy atom. The molecule has 0 unspecified atom stereocenters. The highest BCUT2D eigenvalue weighted by atomic mass is 15.6. The van der Waals surface area contributed by atoms with Crippen LogP contribution in [0.5, 0.6) is 0 Å². The summed E-state index contributed by atoms with van der Waals surface area (Å²) in [6.45, 7) is 8.98. The van der Waals surface area contributed by atoms with Crippen LogP contribution in [0.4, 0.5) is 0 Å². The van der Waals surface area contributed by atoms with Gasteiger partial charge < -0.3 is 0 Å². The number of aromatic nitrogens is 4. The molecule has 1 aromatic heterocycles. The van der Waals surface area contributed by atoms with Gasteiger partial charge in [-0.05, 0) is 28.8 Å². The van der Waals surface area contributed by atoms with E-state index < -0.39 is 0 Å². The SMILES string of the molecule is C=CCN1CCN([C@H](c2ccccc2)c2nnnn2C2CCCC2)CC1. The topological polar surface area (TPSA) is 50.1 Å². The molecule has 1 atom stereocenters. The normalized spacial score (nSPS) is 21.1. The molecule has 1 aromatic carbocycles. The van der Waals surface area contributed by atoms with Crippen molar-refractivity contribution < 1.29 is 0 Å². The Morgan fingerprint density at radius 2 is 1.81 bits per heavy atom. The molecule has 2 fully saturated rings. The van der Waals surface area contributed by atoms with Gasteiger partial charge in [-0.15, -0.1) is 11.7 Å². The van der Waals surface area contributed by atoms with Crippen molar-refractivity contribution in [3.63, 3.8) is 0 Å². The Kier molecular flexibility index (Phi) is 5.41. The van der Waals surface area contributed by atoms with Crippen molar-refractivity contribution in [3.8, 4) is 0 Å². The largest absolute Gasteiger partial charge is 0.297 e. The summed E-state index contributed by atoms with van der Waals surface area (Å²) in [7, 11) is 0. The van der Waals surface area contributed by atoms with Crippen molar-refractivity contribution in [2.45, 2.75) is 37.8 Å². The monoisotopic (exact) mass is 352 g/mol. The molecule has 138 valence electrons. The van der Waals surface area contributed by atoms with Crippen LogP contribution in [-0.2, 0) is 0 Å². The van der Waals surface area contributed by atoms with Gasteiger partial charge in [0.05, 0.1) is 12.1 Å². The molecular formula is C20H28N6. The first-order valence-electron chi connectivity index (χ1n) is 9.77. The maximum absolute atomic E-state index is 4.50. The minimum Gasteiger partial charge on any atom is -0.297 e. The molecule has 1 aliphatic heterocycles. The zero-order valence-electron chi connectivity index (χ0n) is 15.4. The fourth-order valence-corrected chi connectivity index (χ4v) is 4.33. The van der Waals surface area contributed by atoms with Crippen molar-refractivity contribution in [2.24, 2.45) is 0 Å². The lowest BCUT2D eigenvalue weighted by Crippen LogP contribution is -2.48. The average molecular weight is 352 g/mol. The molecule has 0 bridgehead atoms. The molecular weight excluding hydrogens is 324 g/mol. The molecule has 0 amide bonds. The maximum atomic E-state index is 4.50. The van der Waals surface area contributed by atoms with Gasteiger partial charge in [-0.1, -0.05) is 49.2 Å². The summed E-state index contributed by atoms with van der Waals surface area (Å²) < 4.78 is 2.11. The molecule has 0 spiro atoms. The molecule has 4 rings (SSSR count). The van der Waals surface area contributed by atoms with E-state index >= 15 is 0 Å². The second kappa shape index (κ2) is 8.10. The van der Waals surface area contributed by atoms with E-state index in [9.17, 15) is 0 Å². The van der Waals surface area contributed by atoms with Gasteiger partial charge in [-0.2, -0.15) is 0 Å². The van der Waals surface area contributed by atoms with Gasteiger partial charge in [0, 0.05) is 32.7 Å². The number of piperazine rings is 1. The van der Waals surface area contributed by atoms with E-state index in [0.717, 1.165) is 38.5 Å². The Morgan fingerprint density at radius 1 is 1.08 bits per heavy atom. The van der Waals surface area contributed by atoms with Gasteiger partial charge in [0.15, 0.2) is 5.82 Å². The number of nitrogens with zero attached hydrogens (tertiary/aromatic N) is 6. The van der Waals surface area contributed by atoms with Gasteiger partial charge >= 0.3 is 0 Å². The van der Waals surface area contributed by atoms with Crippen LogP contribution in [-0.4, -0.2) is 62.7 Å². The van der Waals surface area contributed by atoms with Crippen LogP contribution < -0.4 is 0 Å². The summed E-state index contributed by atoms with van der Waals surface area (Å²) >= 11 is 0. The number of benzene rings is 1. The van der Waals surface area contributed by atoms with Crippen molar-refractivity contribution in [3.05, 3.63) is 54.4 Å². The fraction of sp³-hybridized carbons (Fsp3) is 0.550. The first-order valence-corrected chi connectivity index (χ1v) is 9.77. The summed E-state index contributed by atoms with van der Waals surface area (Å²) in [6.07, 6.45) is 6.92. The van der Waals surface area contributed by atoms with E-state index in [2.05, 4.69) is 66.9 Å². The third kappa shape index (κ3) is 3.57. The third-order valence-corrected chi connectivity index (χ3v) is 5.71. The Bertz CT molecular complexity index is 698. The first-order chi connectivity index (χ1) is 12.9. The molecule has 1 aliphatic carbocycles. The zero-order valence-corrected chi connectivity index (χ0v) is 15.4. The summed E-state index contributed by atoms with van der Waals surface area (Å²) in [5.74, 6) is 1.00. The predicted octanol–water partition coefficient (Wildman–Crippen LogP) is 2.68. The lowest BCUT2D eigenvalue weighted by molar-refractivity contribution is 0.111.